The summed E-state index contributed by atoms with van der Waals surface area (Å²) in [6.07, 6.45) is 2.29. The van der Waals surface area contributed by atoms with Gasteiger partial charge in [0.05, 0.1) is 5.75 Å². The van der Waals surface area contributed by atoms with E-state index in [4.69, 9.17) is 4.55 Å². The van der Waals surface area contributed by atoms with E-state index in [1.165, 1.54) is 16.3 Å². The molecule has 0 radical (unpaired) electrons. The van der Waals surface area contributed by atoms with Crippen LogP contribution < -0.4 is 0 Å². The number of rotatable bonds is 6. The van der Waals surface area contributed by atoms with Crippen molar-refractivity contribution in [2.24, 2.45) is 5.92 Å². The summed E-state index contributed by atoms with van der Waals surface area (Å²) in [6, 6.07) is 14.9. The summed E-state index contributed by atoms with van der Waals surface area (Å²) in [5, 5.41) is 2.47. The molecule has 2 aromatic carbocycles. The number of unbranched alkanes of at least 4 members (excludes halogenated alkanes) is 1. The predicted octanol–water partition coefficient (Wildman–Crippen LogP) is 3.00. The summed E-state index contributed by atoms with van der Waals surface area (Å²) in [6.45, 7) is 1.55. The van der Waals surface area contributed by atoms with Crippen LogP contribution >= 0.6 is 0 Å². The Hall–Kier alpha value is -1.92. The van der Waals surface area contributed by atoms with Crippen molar-refractivity contribution >= 4 is 26.8 Å². The minimum absolute atomic E-state index is 0.0905. The third-order valence-electron chi connectivity index (χ3n) is 5.87. The van der Waals surface area contributed by atoms with Crippen molar-refractivity contribution in [1.82, 2.24) is 4.90 Å². The molecular formula is C20H23NO4S. The number of carbonyl (C=O) groups excluding carboxylic acids is 1. The van der Waals surface area contributed by atoms with E-state index in [0.717, 1.165) is 19.5 Å². The zero-order valence-electron chi connectivity index (χ0n) is 14.6. The Morgan fingerprint density at radius 2 is 1.92 bits per heavy atom. The molecule has 0 unspecified atom stereocenters. The van der Waals surface area contributed by atoms with E-state index in [9.17, 15) is 13.2 Å². The minimum Gasteiger partial charge on any atom is -0.341 e. The summed E-state index contributed by atoms with van der Waals surface area (Å²) in [7, 11) is -3.93. The number of fused-ring (bicyclic) bond motifs is 2. The lowest BCUT2D eigenvalue weighted by molar-refractivity contribution is -0.130. The van der Waals surface area contributed by atoms with Gasteiger partial charge >= 0.3 is 0 Å². The molecule has 2 atom stereocenters. The summed E-state index contributed by atoms with van der Waals surface area (Å²) >= 11 is 0. The highest BCUT2D eigenvalue weighted by Gasteiger charge is 2.61. The van der Waals surface area contributed by atoms with Crippen molar-refractivity contribution in [1.29, 1.82) is 0 Å². The topological polar surface area (TPSA) is 74.7 Å². The van der Waals surface area contributed by atoms with Crippen molar-refractivity contribution in [3.05, 3.63) is 48.0 Å². The fourth-order valence-electron chi connectivity index (χ4n) is 4.34. The quantitative estimate of drug-likeness (QED) is 0.624. The average molecular weight is 373 g/mol. The number of nitrogens with zero attached hydrogens (tertiary/aromatic N) is 1. The Kier molecular flexibility index (Phi) is 4.28. The monoisotopic (exact) mass is 373 g/mol. The maximum Gasteiger partial charge on any atom is 0.264 e. The van der Waals surface area contributed by atoms with Crippen molar-refractivity contribution in [2.75, 3.05) is 18.8 Å². The number of amides is 1. The van der Waals surface area contributed by atoms with E-state index >= 15 is 0 Å². The average Bonchev–Trinajstić information content (AvgIpc) is 3.18. The van der Waals surface area contributed by atoms with E-state index in [2.05, 4.69) is 30.3 Å². The summed E-state index contributed by atoms with van der Waals surface area (Å²) < 4.78 is 30.2. The molecule has 26 heavy (non-hydrogen) atoms. The van der Waals surface area contributed by atoms with Gasteiger partial charge in [0, 0.05) is 24.9 Å². The lowest BCUT2D eigenvalue weighted by Crippen LogP contribution is -2.32. The van der Waals surface area contributed by atoms with Crippen LogP contribution in [0, 0.1) is 5.92 Å². The highest BCUT2D eigenvalue weighted by atomic mass is 32.2. The third kappa shape index (κ3) is 3.35. The van der Waals surface area contributed by atoms with Crippen molar-refractivity contribution in [2.45, 2.75) is 31.1 Å². The third-order valence-corrected chi connectivity index (χ3v) is 6.67. The van der Waals surface area contributed by atoms with E-state index in [1.807, 2.05) is 17.0 Å². The minimum atomic E-state index is -3.93. The lowest BCUT2D eigenvalue weighted by Gasteiger charge is -2.21. The molecule has 4 rings (SSSR count). The first-order valence-corrected chi connectivity index (χ1v) is 10.7. The molecule has 138 valence electrons. The number of piperidine rings is 1. The Balaban J connectivity index is 1.39. The van der Waals surface area contributed by atoms with Gasteiger partial charge in [0.15, 0.2) is 0 Å². The van der Waals surface area contributed by atoms with E-state index in [1.54, 1.807) is 0 Å². The molecule has 1 amide bonds. The first-order chi connectivity index (χ1) is 12.4. The van der Waals surface area contributed by atoms with Crippen LogP contribution in [-0.4, -0.2) is 42.6 Å². The first kappa shape index (κ1) is 17.5. The molecule has 1 aliphatic carbocycles. The molecule has 1 heterocycles. The summed E-state index contributed by atoms with van der Waals surface area (Å²) in [5.74, 6) is 0.349. The SMILES string of the molecule is O=C(CCCCS(=O)(=O)O)N1C[C@H]2C[C@@]2(c2ccc3ccccc3c2)C1. The molecule has 6 heteroatoms. The van der Waals surface area contributed by atoms with Gasteiger partial charge in [0.2, 0.25) is 5.91 Å². The number of hydrogen-bond acceptors (Lipinski definition) is 3. The Morgan fingerprint density at radius 1 is 1.15 bits per heavy atom. The zero-order valence-corrected chi connectivity index (χ0v) is 15.4. The molecule has 1 aliphatic heterocycles. The molecule has 1 saturated heterocycles. The zero-order chi connectivity index (χ0) is 18.4. The van der Waals surface area contributed by atoms with Gasteiger partial charge in [-0.25, -0.2) is 0 Å². The van der Waals surface area contributed by atoms with Gasteiger partial charge in [-0.05, 0) is 41.5 Å². The van der Waals surface area contributed by atoms with Crippen molar-refractivity contribution < 1.29 is 17.8 Å². The van der Waals surface area contributed by atoms with E-state index in [-0.39, 0.29) is 17.1 Å². The molecule has 1 N–H and O–H groups in total. The molecule has 0 aromatic heterocycles. The van der Waals surface area contributed by atoms with Crippen LogP contribution in [0.4, 0.5) is 0 Å². The predicted molar refractivity (Wildman–Crippen MR) is 101 cm³/mol. The maximum absolute atomic E-state index is 12.4. The van der Waals surface area contributed by atoms with Crippen LogP contribution in [0.3, 0.4) is 0 Å². The molecule has 2 aromatic rings. The number of hydrogen-bond donors (Lipinski definition) is 1. The normalized spacial score (nSPS) is 24.7. The Bertz CT molecular complexity index is 955. The molecule has 2 aliphatic rings. The van der Waals surface area contributed by atoms with Crippen LogP contribution in [0.5, 0.6) is 0 Å². The number of benzene rings is 2. The van der Waals surface area contributed by atoms with Gasteiger partial charge in [-0.3, -0.25) is 9.35 Å². The Morgan fingerprint density at radius 3 is 2.69 bits per heavy atom. The van der Waals surface area contributed by atoms with Gasteiger partial charge < -0.3 is 4.90 Å². The van der Waals surface area contributed by atoms with Crippen molar-refractivity contribution in [3.63, 3.8) is 0 Å². The molecule has 5 nitrogen and oxygen atoms in total. The van der Waals surface area contributed by atoms with Crippen LogP contribution in [0.15, 0.2) is 42.5 Å². The molecule has 1 saturated carbocycles. The van der Waals surface area contributed by atoms with Gasteiger partial charge in [-0.2, -0.15) is 8.42 Å². The van der Waals surface area contributed by atoms with E-state index in [0.29, 0.717) is 25.2 Å². The largest absolute Gasteiger partial charge is 0.341 e. The Labute approximate surface area is 153 Å². The standard InChI is InChI=1S/C20H23NO4S/c22-19(7-3-4-10-26(23,24)25)21-13-18-12-20(18,14-21)17-9-8-15-5-1-2-6-16(15)11-17/h1-2,5-6,8-9,11,18H,3-4,7,10,12-14H2,(H,23,24,25)/t18-,20+/m1/s1. The molecule has 0 spiro atoms. The number of carbonyl (C=O) groups is 1. The van der Waals surface area contributed by atoms with Gasteiger partial charge in [0.1, 0.15) is 0 Å². The van der Waals surface area contributed by atoms with Gasteiger partial charge in [0.25, 0.3) is 10.1 Å². The molecule has 0 bridgehead atoms. The molecule has 2 fully saturated rings. The fraction of sp³-hybridized carbons (Fsp3) is 0.450. The fourth-order valence-corrected chi connectivity index (χ4v) is 4.91. The van der Waals surface area contributed by atoms with Gasteiger partial charge in [-0.15, -0.1) is 0 Å². The second kappa shape index (κ2) is 6.35. The van der Waals surface area contributed by atoms with Crippen LogP contribution in [-0.2, 0) is 20.3 Å². The summed E-state index contributed by atoms with van der Waals surface area (Å²) in [5.41, 5.74) is 1.43. The van der Waals surface area contributed by atoms with Crippen LogP contribution in [0.1, 0.15) is 31.2 Å². The smallest absolute Gasteiger partial charge is 0.264 e. The maximum atomic E-state index is 12.4. The number of likely N-dealkylation sites (tertiary alicyclic amines) is 1. The molecular weight excluding hydrogens is 350 g/mol. The lowest BCUT2D eigenvalue weighted by atomic mass is 9.93. The second-order valence-electron chi connectivity index (χ2n) is 7.64. The van der Waals surface area contributed by atoms with Crippen LogP contribution in [0.2, 0.25) is 0 Å². The highest BCUT2D eigenvalue weighted by molar-refractivity contribution is 7.85. The first-order valence-electron chi connectivity index (χ1n) is 9.10. The van der Waals surface area contributed by atoms with Gasteiger partial charge in [-0.1, -0.05) is 42.5 Å². The summed E-state index contributed by atoms with van der Waals surface area (Å²) in [4.78, 5) is 14.4. The second-order valence-corrected chi connectivity index (χ2v) is 9.21. The van der Waals surface area contributed by atoms with E-state index < -0.39 is 10.1 Å². The van der Waals surface area contributed by atoms with Crippen molar-refractivity contribution in [3.8, 4) is 0 Å². The van der Waals surface area contributed by atoms with Crippen LogP contribution in [0.25, 0.3) is 10.8 Å². The highest BCUT2D eigenvalue weighted by Crippen LogP contribution is 2.59.